The van der Waals surface area contributed by atoms with Gasteiger partial charge in [0.05, 0.1) is 5.60 Å². The summed E-state index contributed by atoms with van der Waals surface area (Å²) in [5.74, 6) is 0.837. The third-order valence-corrected chi connectivity index (χ3v) is 4.23. The number of hydrogen-bond donors (Lipinski definition) is 0. The summed E-state index contributed by atoms with van der Waals surface area (Å²) in [5, 5.41) is -0.0897. The van der Waals surface area contributed by atoms with Gasteiger partial charge in [0.25, 0.3) is 9.05 Å². The van der Waals surface area contributed by atoms with Crippen LogP contribution in [-0.4, -0.2) is 30.7 Å². The molecule has 5 nitrogen and oxygen atoms in total. The van der Waals surface area contributed by atoms with Gasteiger partial charge in [-0.1, -0.05) is 13.8 Å². The van der Waals surface area contributed by atoms with Crippen molar-refractivity contribution in [1.82, 2.24) is 9.55 Å². The van der Waals surface area contributed by atoms with Crippen molar-refractivity contribution in [3.63, 3.8) is 0 Å². The smallest absolute Gasteiger partial charge is 0.280 e. The standard InChI is InChI=1S/C12H21ClN2O3S/c1-9(2)11-14-10(19(13,16)17)8-15(11)7-6-12(3,4)18-5/h8-9H,6-7H2,1-5H3. The molecule has 1 rings (SSSR count). The maximum Gasteiger partial charge on any atom is 0.280 e. The minimum atomic E-state index is -3.79. The van der Waals surface area contributed by atoms with Crippen LogP contribution in [0.15, 0.2) is 11.2 Å². The zero-order valence-electron chi connectivity index (χ0n) is 12.0. The van der Waals surface area contributed by atoms with Crippen molar-refractivity contribution in [3.8, 4) is 0 Å². The van der Waals surface area contributed by atoms with Gasteiger partial charge in [0.15, 0.2) is 5.03 Å². The van der Waals surface area contributed by atoms with Gasteiger partial charge in [0.2, 0.25) is 0 Å². The summed E-state index contributed by atoms with van der Waals surface area (Å²) in [4.78, 5) is 4.11. The number of nitrogens with zero attached hydrogens (tertiary/aromatic N) is 2. The second-order valence-electron chi connectivity index (χ2n) is 5.44. The van der Waals surface area contributed by atoms with E-state index in [4.69, 9.17) is 15.4 Å². The van der Waals surface area contributed by atoms with Crippen molar-refractivity contribution in [2.75, 3.05) is 7.11 Å². The van der Waals surface area contributed by atoms with Crippen molar-refractivity contribution in [1.29, 1.82) is 0 Å². The Balaban J connectivity index is 3.03. The average molecular weight is 309 g/mol. The van der Waals surface area contributed by atoms with E-state index < -0.39 is 9.05 Å². The average Bonchev–Trinajstić information content (AvgIpc) is 2.70. The number of aryl methyl sites for hydroxylation is 1. The largest absolute Gasteiger partial charge is 0.379 e. The Morgan fingerprint density at radius 2 is 2.05 bits per heavy atom. The molecule has 1 heterocycles. The molecule has 0 atom stereocenters. The van der Waals surface area contributed by atoms with Gasteiger partial charge in [-0.2, -0.15) is 0 Å². The first-order chi connectivity index (χ1) is 8.57. The first-order valence-corrected chi connectivity index (χ1v) is 8.44. The molecule has 19 heavy (non-hydrogen) atoms. The summed E-state index contributed by atoms with van der Waals surface area (Å²) >= 11 is 0. The van der Waals surface area contributed by atoms with Crippen LogP contribution in [0.1, 0.15) is 45.9 Å². The molecular formula is C12H21ClN2O3S. The van der Waals surface area contributed by atoms with Gasteiger partial charge in [-0.15, -0.1) is 0 Å². The second-order valence-corrected chi connectivity index (χ2v) is 7.95. The molecule has 1 aromatic rings. The van der Waals surface area contributed by atoms with E-state index >= 15 is 0 Å². The summed E-state index contributed by atoms with van der Waals surface area (Å²) < 4.78 is 29.9. The first-order valence-electron chi connectivity index (χ1n) is 6.13. The van der Waals surface area contributed by atoms with Gasteiger partial charge in [0, 0.05) is 36.5 Å². The number of ether oxygens (including phenoxy) is 1. The Bertz CT molecular complexity index is 535. The Hall–Kier alpha value is -0.590. The van der Waals surface area contributed by atoms with E-state index in [1.807, 2.05) is 32.3 Å². The van der Waals surface area contributed by atoms with Gasteiger partial charge in [0.1, 0.15) is 5.82 Å². The fourth-order valence-corrected chi connectivity index (χ4v) is 2.33. The van der Waals surface area contributed by atoms with E-state index in [1.54, 1.807) is 7.11 Å². The van der Waals surface area contributed by atoms with Gasteiger partial charge >= 0.3 is 0 Å². The lowest BCUT2D eigenvalue weighted by atomic mass is 10.1. The minimum Gasteiger partial charge on any atom is -0.379 e. The Labute approximate surface area is 119 Å². The van der Waals surface area contributed by atoms with Crippen LogP contribution in [0.3, 0.4) is 0 Å². The van der Waals surface area contributed by atoms with Crippen molar-refractivity contribution in [3.05, 3.63) is 12.0 Å². The lowest BCUT2D eigenvalue weighted by Gasteiger charge is -2.23. The van der Waals surface area contributed by atoms with E-state index in [9.17, 15) is 8.42 Å². The van der Waals surface area contributed by atoms with Crippen LogP contribution in [0.5, 0.6) is 0 Å². The monoisotopic (exact) mass is 308 g/mol. The zero-order chi connectivity index (χ0) is 14.8. The fourth-order valence-electron chi connectivity index (χ4n) is 1.65. The van der Waals surface area contributed by atoms with Crippen LogP contribution in [0.2, 0.25) is 0 Å². The second kappa shape index (κ2) is 5.81. The molecular weight excluding hydrogens is 288 g/mol. The number of hydrogen-bond acceptors (Lipinski definition) is 4. The van der Waals surface area contributed by atoms with Gasteiger partial charge in [-0.3, -0.25) is 0 Å². The van der Waals surface area contributed by atoms with E-state index in [0.29, 0.717) is 12.4 Å². The van der Waals surface area contributed by atoms with Gasteiger partial charge in [-0.25, -0.2) is 13.4 Å². The minimum absolute atomic E-state index is 0.0897. The molecule has 0 saturated heterocycles. The van der Waals surface area contributed by atoms with Gasteiger partial charge in [-0.05, 0) is 20.3 Å². The van der Waals surface area contributed by atoms with Crippen molar-refractivity contribution in [2.24, 2.45) is 0 Å². The molecule has 0 spiro atoms. The summed E-state index contributed by atoms with van der Waals surface area (Å²) in [6.07, 6.45) is 2.24. The maximum atomic E-state index is 11.3. The number of aromatic nitrogens is 2. The number of imidazole rings is 1. The van der Waals surface area contributed by atoms with Crippen LogP contribution >= 0.6 is 10.7 Å². The maximum absolute atomic E-state index is 11.3. The van der Waals surface area contributed by atoms with Crippen molar-refractivity contribution < 1.29 is 13.2 Å². The van der Waals surface area contributed by atoms with E-state index in [0.717, 1.165) is 6.42 Å². The summed E-state index contributed by atoms with van der Waals surface area (Å²) in [5.41, 5.74) is -0.265. The molecule has 0 N–H and O–H groups in total. The molecule has 0 aliphatic rings. The van der Waals surface area contributed by atoms with Crippen LogP contribution in [0.4, 0.5) is 0 Å². The zero-order valence-corrected chi connectivity index (χ0v) is 13.5. The highest BCUT2D eigenvalue weighted by atomic mass is 35.7. The predicted octanol–water partition coefficient (Wildman–Crippen LogP) is 2.75. The molecule has 0 aromatic carbocycles. The van der Waals surface area contributed by atoms with Crippen LogP contribution < -0.4 is 0 Å². The molecule has 0 saturated carbocycles. The Morgan fingerprint density at radius 1 is 1.47 bits per heavy atom. The number of rotatable bonds is 6. The van der Waals surface area contributed by atoms with Crippen LogP contribution in [0.25, 0.3) is 0 Å². The summed E-state index contributed by atoms with van der Waals surface area (Å²) in [6, 6.07) is 0. The molecule has 1 aromatic heterocycles. The number of halogens is 1. The van der Waals surface area contributed by atoms with E-state index in [1.165, 1.54) is 6.20 Å². The molecule has 0 unspecified atom stereocenters. The molecule has 0 aliphatic carbocycles. The SMILES string of the molecule is COC(C)(C)CCn1cc(S(=O)(=O)Cl)nc1C(C)C. The highest BCUT2D eigenvalue weighted by Gasteiger charge is 2.22. The molecule has 7 heteroatoms. The summed E-state index contributed by atoms with van der Waals surface area (Å²) in [7, 11) is 3.21. The normalized spacial score (nSPS) is 13.2. The van der Waals surface area contributed by atoms with Crippen LogP contribution in [-0.2, 0) is 20.3 Å². The quantitative estimate of drug-likeness (QED) is 0.758. The highest BCUT2D eigenvalue weighted by Crippen LogP contribution is 2.22. The van der Waals surface area contributed by atoms with Crippen molar-refractivity contribution >= 4 is 19.7 Å². The predicted molar refractivity (Wildman–Crippen MR) is 75.1 cm³/mol. The topological polar surface area (TPSA) is 61.2 Å². The Kier molecular flexibility index (Phi) is 5.03. The first kappa shape index (κ1) is 16.5. The van der Waals surface area contributed by atoms with Crippen molar-refractivity contribution in [2.45, 2.75) is 57.2 Å². The van der Waals surface area contributed by atoms with E-state index in [2.05, 4.69) is 4.98 Å². The Morgan fingerprint density at radius 3 is 2.47 bits per heavy atom. The molecule has 0 amide bonds. The highest BCUT2D eigenvalue weighted by molar-refractivity contribution is 8.13. The van der Waals surface area contributed by atoms with E-state index in [-0.39, 0.29) is 16.5 Å². The lowest BCUT2D eigenvalue weighted by Crippen LogP contribution is -2.24. The third kappa shape index (κ3) is 4.47. The molecule has 0 radical (unpaired) electrons. The summed E-state index contributed by atoms with van der Waals surface area (Å²) in [6.45, 7) is 8.53. The number of methoxy groups -OCH3 is 1. The lowest BCUT2D eigenvalue weighted by molar-refractivity contribution is 0.0118. The van der Waals surface area contributed by atoms with Gasteiger partial charge < -0.3 is 9.30 Å². The molecule has 0 aliphatic heterocycles. The molecule has 0 bridgehead atoms. The third-order valence-electron chi connectivity index (χ3n) is 3.06. The van der Waals surface area contributed by atoms with Crippen LogP contribution in [0, 0.1) is 0 Å². The molecule has 110 valence electrons. The fraction of sp³-hybridized carbons (Fsp3) is 0.750. The molecule has 0 fully saturated rings.